The van der Waals surface area contributed by atoms with Crippen molar-refractivity contribution in [1.82, 2.24) is 19.7 Å². The minimum atomic E-state index is -0.198. The number of thioether (sulfide) groups is 1. The van der Waals surface area contributed by atoms with Crippen molar-refractivity contribution < 1.29 is 9.53 Å². The van der Waals surface area contributed by atoms with Gasteiger partial charge in [0.2, 0.25) is 0 Å². The number of hydrogen-bond acceptors (Lipinski definition) is 7. The lowest BCUT2D eigenvalue weighted by Crippen LogP contribution is -2.04. The highest BCUT2D eigenvalue weighted by Gasteiger charge is 2.10. The molecule has 2 heterocycles. The highest BCUT2D eigenvalue weighted by Crippen LogP contribution is 2.21. The number of aromatic nitrogens is 4. The lowest BCUT2D eigenvalue weighted by atomic mass is 10.4. The number of anilines is 1. The number of hydrogen-bond donors (Lipinski definition) is 1. The zero-order valence-corrected chi connectivity index (χ0v) is 12.5. The largest absolute Gasteiger partial charge is 0.469 e. The summed E-state index contributed by atoms with van der Waals surface area (Å²) in [5.74, 6) is 2.63. The second-order valence-corrected chi connectivity index (χ2v) is 5.23. The van der Waals surface area contributed by atoms with Crippen molar-refractivity contribution in [3.05, 3.63) is 12.0 Å². The molecule has 0 atom stereocenters. The third-order valence-corrected chi connectivity index (χ3v) is 3.74. The molecule has 0 spiro atoms. The zero-order chi connectivity index (χ0) is 14.5. The number of nitrogens with zero attached hydrogens (tertiary/aromatic N) is 4. The monoisotopic (exact) mass is 295 g/mol. The van der Waals surface area contributed by atoms with Crippen LogP contribution in [0.5, 0.6) is 0 Å². The summed E-state index contributed by atoms with van der Waals surface area (Å²) in [4.78, 5) is 20.0. The van der Waals surface area contributed by atoms with Gasteiger partial charge in [-0.05, 0) is 0 Å². The first-order chi connectivity index (χ1) is 9.65. The number of rotatable bonds is 6. The lowest BCUT2D eigenvalue weighted by molar-refractivity contribution is -0.140. The molecule has 8 heteroatoms. The van der Waals surface area contributed by atoms with E-state index in [4.69, 9.17) is 0 Å². The summed E-state index contributed by atoms with van der Waals surface area (Å²) in [6, 6.07) is 0. The molecule has 0 aliphatic heterocycles. The first-order valence-electron chi connectivity index (χ1n) is 6.16. The van der Waals surface area contributed by atoms with Crippen LogP contribution in [0.2, 0.25) is 0 Å². The highest BCUT2D eigenvalue weighted by molar-refractivity contribution is 7.98. The Morgan fingerprint density at radius 1 is 1.50 bits per heavy atom. The van der Waals surface area contributed by atoms with Crippen LogP contribution in [0, 0.1) is 0 Å². The van der Waals surface area contributed by atoms with Gasteiger partial charge in [-0.15, -0.1) is 0 Å². The van der Waals surface area contributed by atoms with Gasteiger partial charge in [0.1, 0.15) is 11.6 Å². The van der Waals surface area contributed by atoms with Crippen molar-refractivity contribution in [2.75, 3.05) is 25.2 Å². The number of methoxy groups -OCH3 is 1. The molecule has 0 aromatic carbocycles. The molecule has 20 heavy (non-hydrogen) atoms. The lowest BCUT2D eigenvalue weighted by Gasteiger charge is -2.05. The van der Waals surface area contributed by atoms with Crippen molar-refractivity contribution in [1.29, 1.82) is 0 Å². The summed E-state index contributed by atoms with van der Waals surface area (Å²) in [6.45, 7) is 0. The number of carbonyl (C=O) groups excluding carboxylic acids is 1. The number of carbonyl (C=O) groups is 1. The Morgan fingerprint density at radius 2 is 2.30 bits per heavy atom. The van der Waals surface area contributed by atoms with Crippen molar-refractivity contribution in [2.24, 2.45) is 7.05 Å². The fraction of sp³-hybridized carbons (Fsp3) is 0.500. The van der Waals surface area contributed by atoms with Crippen LogP contribution in [0.15, 0.2) is 6.20 Å². The number of nitrogens with one attached hydrogen (secondary N) is 1. The molecule has 0 amide bonds. The van der Waals surface area contributed by atoms with E-state index in [-0.39, 0.29) is 5.97 Å². The SMILES string of the molecule is CNc1nc(CSCCC(=O)OC)nc2c1cnn2C. The maximum absolute atomic E-state index is 11.0. The Bertz CT molecular complexity index is 613. The van der Waals surface area contributed by atoms with Crippen molar-refractivity contribution in [3.63, 3.8) is 0 Å². The molecule has 2 rings (SSSR count). The normalized spacial score (nSPS) is 10.8. The van der Waals surface area contributed by atoms with E-state index in [1.165, 1.54) is 7.11 Å². The predicted octanol–water partition coefficient (Wildman–Crippen LogP) is 1.20. The van der Waals surface area contributed by atoms with Gasteiger partial charge in [-0.2, -0.15) is 16.9 Å². The van der Waals surface area contributed by atoms with Crippen LogP contribution >= 0.6 is 11.8 Å². The minimum Gasteiger partial charge on any atom is -0.469 e. The van der Waals surface area contributed by atoms with Crippen LogP contribution in [0.4, 0.5) is 5.82 Å². The van der Waals surface area contributed by atoms with Crippen LogP contribution in [-0.2, 0) is 22.3 Å². The van der Waals surface area contributed by atoms with Gasteiger partial charge in [0.05, 0.1) is 30.9 Å². The predicted molar refractivity (Wildman–Crippen MR) is 78.6 cm³/mol. The summed E-state index contributed by atoms with van der Waals surface area (Å²) < 4.78 is 6.32. The molecule has 0 fully saturated rings. The minimum absolute atomic E-state index is 0.198. The fourth-order valence-electron chi connectivity index (χ4n) is 1.74. The second kappa shape index (κ2) is 6.56. The molecule has 0 saturated carbocycles. The molecule has 108 valence electrons. The third kappa shape index (κ3) is 3.19. The number of fused-ring (bicyclic) bond motifs is 1. The van der Waals surface area contributed by atoms with Gasteiger partial charge < -0.3 is 10.1 Å². The van der Waals surface area contributed by atoms with Crippen molar-refractivity contribution >= 4 is 34.6 Å². The molecule has 0 aliphatic carbocycles. The number of esters is 1. The molecule has 1 N–H and O–H groups in total. The van der Waals surface area contributed by atoms with Gasteiger partial charge in [0.25, 0.3) is 0 Å². The molecule has 0 radical (unpaired) electrons. The van der Waals surface area contributed by atoms with E-state index in [0.29, 0.717) is 17.9 Å². The maximum Gasteiger partial charge on any atom is 0.306 e. The zero-order valence-electron chi connectivity index (χ0n) is 11.7. The van der Waals surface area contributed by atoms with Crippen molar-refractivity contribution in [2.45, 2.75) is 12.2 Å². The van der Waals surface area contributed by atoms with Gasteiger partial charge in [0, 0.05) is 19.8 Å². The van der Waals surface area contributed by atoms with Crippen LogP contribution < -0.4 is 5.32 Å². The summed E-state index contributed by atoms with van der Waals surface area (Å²) in [7, 11) is 5.07. The van der Waals surface area contributed by atoms with E-state index in [9.17, 15) is 4.79 Å². The molecule has 7 nitrogen and oxygen atoms in total. The van der Waals surface area contributed by atoms with Gasteiger partial charge in [-0.1, -0.05) is 0 Å². The van der Waals surface area contributed by atoms with Gasteiger partial charge >= 0.3 is 5.97 Å². The molecule has 0 aliphatic rings. The van der Waals surface area contributed by atoms with Crippen LogP contribution in [-0.4, -0.2) is 45.6 Å². The Hall–Kier alpha value is -1.83. The Morgan fingerprint density at radius 3 is 3.00 bits per heavy atom. The van der Waals surface area contributed by atoms with Crippen molar-refractivity contribution in [3.8, 4) is 0 Å². The molecule has 2 aromatic heterocycles. The summed E-state index contributed by atoms with van der Waals surface area (Å²) in [6.07, 6.45) is 2.14. The molecule has 0 unspecified atom stereocenters. The molecular weight excluding hydrogens is 278 g/mol. The highest BCUT2D eigenvalue weighted by atomic mass is 32.2. The Kier molecular flexibility index (Phi) is 4.78. The summed E-state index contributed by atoms with van der Waals surface area (Å²) in [5.41, 5.74) is 0.799. The van der Waals surface area contributed by atoms with E-state index < -0.39 is 0 Å². The Labute approximate surface area is 121 Å². The van der Waals surface area contributed by atoms with E-state index >= 15 is 0 Å². The second-order valence-electron chi connectivity index (χ2n) is 4.12. The molecule has 2 aromatic rings. The molecular formula is C12H17N5O2S. The van der Waals surface area contributed by atoms with Gasteiger partial charge in [-0.3, -0.25) is 9.48 Å². The topological polar surface area (TPSA) is 81.9 Å². The van der Waals surface area contributed by atoms with Crippen LogP contribution in [0.3, 0.4) is 0 Å². The third-order valence-electron chi connectivity index (χ3n) is 2.78. The maximum atomic E-state index is 11.0. The average molecular weight is 295 g/mol. The fourth-order valence-corrected chi connectivity index (χ4v) is 2.51. The van der Waals surface area contributed by atoms with Gasteiger partial charge in [-0.25, -0.2) is 9.97 Å². The van der Waals surface area contributed by atoms with Crippen LogP contribution in [0.25, 0.3) is 11.0 Å². The first-order valence-corrected chi connectivity index (χ1v) is 7.32. The summed E-state index contributed by atoms with van der Waals surface area (Å²) in [5, 5.41) is 8.14. The van der Waals surface area contributed by atoms with E-state index in [0.717, 1.165) is 22.7 Å². The van der Waals surface area contributed by atoms with E-state index in [2.05, 4.69) is 25.1 Å². The van der Waals surface area contributed by atoms with E-state index in [1.807, 2.05) is 14.1 Å². The first kappa shape index (κ1) is 14.6. The smallest absolute Gasteiger partial charge is 0.306 e. The van der Waals surface area contributed by atoms with E-state index in [1.54, 1.807) is 22.6 Å². The molecule has 0 saturated heterocycles. The standard InChI is InChI=1S/C12H17N5O2S/c1-13-11-8-6-14-17(2)12(8)16-9(15-11)7-20-5-4-10(18)19-3/h6H,4-5,7H2,1-3H3,(H,13,15,16). The molecule has 0 bridgehead atoms. The summed E-state index contributed by atoms with van der Waals surface area (Å²) >= 11 is 1.60. The number of aryl methyl sites for hydroxylation is 1. The van der Waals surface area contributed by atoms with Crippen LogP contribution in [0.1, 0.15) is 12.2 Å². The van der Waals surface area contributed by atoms with Gasteiger partial charge in [0.15, 0.2) is 5.65 Å². The Balaban J connectivity index is 2.06. The average Bonchev–Trinajstić information content (AvgIpc) is 2.84. The quantitative estimate of drug-likeness (QED) is 0.633. The number of ether oxygens (including phenoxy) is 1.